The third-order valence-electron chi connectivity index (χ3n) is 2.26. The molecule has 4 nitrogen and oxygen atoms in total. The van der Waals surface area contributed by atoms with Gasteiger partial charge in [-0.15, -0.1) is 0 Å². The molecule has 0 radical (unpaired) electrons. The second kappa shape index (κ2) is 4.10. The molecule has 16 heavy (non-hydrogen) atoms. The van der Waals surface area contributed by atoms with Gasteiger partial charge in [-0.25, -0.2) is 0 Å². The molecule has 0 bridgehead atoms. The molecule has 0 fully saturated rings. The van der Waals surface area contributed by atoms with Crippen LogP contribution in [0.15, 0.2) is 36.5 Å². The molecule has 0 spiro atoms. The number of pyridine rings is 1. The molecule has 0 unspecified atom stereocenters. The fourth-order valence-electron chi connectivity index (χ4n) is 1.53. The molecular formula is C12H10N2O2. The Morgan fingerprint density at radius 3 is 2.88 bits per heavy atom. The van der Waals surface area contributed by atoms with E-state index in [-0.39, 0.29) is 5.69 Å². The minimum Gasteiger partial charge on any atom is -0.258 e. The predicted octanol–water partition coefficient (Wildman–Crippen LogP) is 3.18. The summed E-state index contributed by atoms with van der Waals surface area (Å²) in [6, 6.07) is 6.54. The van der Waals surface area contributed by atoms with E-state index in [0.29, 0.717) is 0 Å². The third kappa shape index (κ3) is 1.91. The minimum atomic E-state index is -0.401. The minimum absolute atomic E-state index is 0.0897. The second-order valence-corrected chi connectivity index (χ2v) is 3.40. The molecule has 4 heteroatoms. The number of hydrogen-bond acceptors (Lipinski definition) is 3. The number of benzene rings is 1. The maximum Gasteiger partial charge on any atom is 0.270 e. The summed E-state index contributed by atoms with van der Waals surface area (Å²) in [5.41, 5.74) is 1.79. The zero-order valence-electron chi connectivity index (χ0n) is 8.75. The maximum atomic E-state index is 10.6. The Labute approximate surface area is 92.4 Å². The molecule has 0 saturated carbocycles. The summed E-state index contributed by atoms with van der Waals surface area (Å²) in [6.07, 6.45) is 5.56. The first kappa shape index (κ1) is 10.3. The van der Waals surface area contributed by atoms with Crippen LogP contribution in [-0.2, 0) is 0 Å². The van der Waals surface area contributed by atoms with E-state index in [0.717, 1.165) is 16.5 Å². The van der Waals surface area contributed by atoms with Crippen molar-refractivity contribution < 1.29 is 4.92 Å². The van der Waals surface area contributed by atoms with Crippen molar-refractivity contribution in [2.24, 2.45) is 0 Å². The van der Waals surface area contributed by atoms with E-state index in [2.05, 4.69) is 4.98 Å². The van der Waals surface area contributed by atoms with Crippen molar-refractivity contribution >= 4 is 22.7 Å². The lowest BCUT2D eigenvalue weighted by Crippen LogP contribution is -1.88. The van der Waals surface area contributed by atoms with Crippen molar-refractivity contribution in [2.45, 2.75) is 6.92 Å². The van der Waals surface area contributed by atoms with Gasteiger partial charge < -0.3 is 0 Å². The van der Waals surface area contributed by atoms with Gasteiger partial charge in [-0.2, -0.15) is 0 Å². The average molecular weight is 214 g/mol. The Kier molecular flexibility index (Phi) is 2.64. The van der Waals surface area contributed by atoms with Crippen LogP contribution in [0.2, 0.25) is 0 Å². The van der Waals surface area contributed by atoms with Crippen LogP contribution >= 0.6 is 0 Å². The average Bonchev–Trinajstić information content (AvgIpc) is 2.28. The van der Waals surface area contributed by atoms with Crippen LogP contribution in [0.4, 0.5) is 5.69 Å². The Hall–Kier alpha value is -2.23. The first-order valence-corrected chi connectivity index (χ1v) is 4.87. The van der Waals surface area contributed by atoms with Crippen LogP contribution in [0, 0.1) is 10.1 Å². The monoisotopic (exact) mass is 214 g/mol. The number of hydrogen-bond donors (Lipinski definition) is 0. The summed E-state index contributed by atoms with van der Waals surface area (Å²) in [5, 5.41) is 11.4. The molecule has 0 aliphatic rings. The van der Waals surface area contributed by atoms with Gasteiger partial charge in [-0.1, -0.05) is 12.2 Å². The smallest absolute Gasteiger partial charge is 0.258 e. The van der Waals surface area contributed by atoms with Gasteiger partial charge in [0.25, 0.3) is 5.69 Å². The highest BCUT2D eigenvalue weighted by atomic mass is 16.6. The van der Waals surface area contributed by atoms with Crippen molar-refractivity contribution in [3.63, 3.8) is 0 Å². The van der Waals surface area contributed by atoms with Crippen molar-refractivity contribution in [1.29, 1.82) is 0 Å². The summed E-state index contributed by atoms with van der Waals surface area (Å²) in [7, 11) is 0. The number of fused-ring (bicyclic) bond motifs is 1. The van der Waals surface area contributed by atoms with Gasteiger partial charge in [0.1, 0.15) is 0 Å². The van der Waals surface area contributed by atoms with Gasteiger partial charge in [-0.3, -0.25) is 15.1 Å². The van der Waals surface area contributed by atoms with Gasteiger partial charge in [-0.05, 0) is 24.6 Å². The Morgan fingerprint density at radius 1 is 1.38 bits per heavy atom. The highest BCUT2D eigenvalue weighted by Gasteiger charge is 2.06. The van der Waals surface area contributed by atoms with E-state index >= 15 is 0 Å². The van der Waals surface area contributed by atoms with Crippen LogP contribution in [0.3, 0.4) is 0 Å². The first-order valence-electron chi connectivity index (χ1n) is 4.87. The molecule has 80 valence electrons. The second-order valence-electron chi connectivity index (χ2n) is 3.40. The normalized spacial score (nSPS) is 11.1. The third-order valence-corrected chi connectivity index (χ3v) is 2.26. The number of nitro groups is 1. The molecular weight excluding hydrogens is 204 g/mol. The molecule has 1 heterocycles. The lowest BCUT2D eigenvalue weighted by atomic mass is 10.1. The Balaban J connectivity index is 2.60. The molecule has 0 amide bonds. The maximum absolute atomic E-state index is 10.6. The lowest BCUT2D eigenvalue weighted by Gasteiger charge is -1.98. The fourth-order valence-corrected chi connectivity index (χ4v) is 1.53. The summed E-state index contributed by atoms with van der Waals surface area (Å²) in [4.78, 5) is 14.5. The molecule has 0 aliphatic carbocycles. The fraction of sp³-hybridized carbons (Fsp3) is 0.0833. The summed E-state index contributed by atoms with van der Waals surface area (Å²) in [6.45, 7) is 1.91. The van der Waals surface area contributed by atoms with Gasteiger partial charge >= 0.3 is 0 Å². The van der Waals surface area contributed by atoms with Crippen LogP contribution in [0.25, 0.3) is 17.0 Å². The summed E-state index contributed by atoms with van der Waals surface area (Å²) >= 11 is 0. The molecule has 1 aromatic heterocycles. The Bertz CT molecular complexity index is 576. The lowest BCUT2D eigenvalue weighted by molar-refractivity contribution is -0.384. The van der Waals surface area contributed by atoms with E-state index in [1.54, 1.807) is 12.3 Å². The van der Waals surface area contributed by atoms with Crippen molar-refractivity contribution in [3.05, 3.63) is 52.2 Å². The molecule has 0 saturated heterocycles. The van der Waals surface area contributed by atoms with Crippen LogP contribution in [-0.4, -0.2) is 9.91 Å². The van der Waals surface area contributed by atoms with Gasteiger partial charge in [0, 0.05) is 23.7 Å². The van der Waals surface area contributed by atoms with Crippen LogP contribution in [0.1, 0.15) is 12.5 Å². The number of aromatic nitrogens is 1. The van der Waals surface area contributed by atoms with E-state index < -0.39 is 4.92 Å². The number of allylic oxidation sites excluding steroid dienone is 1. The van der Waals surface area contributed by atoms with Crippen LogP contribution < -0.4 is 0 Å². The number of nitro benzene ring substituents is 1. The molecule has 1 aromatic carbocycles. The number of nitrogens with zero attached hydrogens (tertiary/aromatic N) is 2. The highest BCUT2D eigenvalue weighted by Crippen LogP contribution is 2.20. The van der Waals surface area contributed by atoms with E-state index in [1.807, 2.05) is 25.1 Å². The van der Waals surface area contributed by atoms with Crippen molar-refractivity contribution in [2.75, 3.05) is 0 Å². The highest BCUT2D eigenvalue weighted by molar-refractivity contribution is 5.82. The van der Waals surface area contributed by atoms with Gasteiger partial charge in [0.2, 0.25) is 0 Å². The standard InChI is InChI=1S/C12H10N2O2/c1-2-3-9-6-10-7-11(14(15)16)4-5-12(10)13-8-9/h2-8H,1H3/b3-2+. The number of non-ortho nitro benzene ring substituents is 1. The zero-order valence-corrected chi connectivity index (χ0v) is 8.75. The first-order chi connectivity index (χ1) is 7.70. The predicted molar refractivity (Wildman–Crippen MR) is 63.1 cm³/mol. The quantitative estimate of drug-likeness (QED) is 0.569. The van der Waals surface area contributed by atoms with Crippen molar-refractivity contribution in [1.82, 2.24) is 4.98 Å². The summed E-state index contributed by atoms with van der Waals surface area (Å²) in [5.74, 6) is 0. The van der Waals surface area contributed by atoms with E-state index in [1.165, 1.54) is 12.1 Å². The van der Waals surface area contributed by atoms with Gasteiger partial charge in [0.15, 0.2) is 0 Å². The van der Waals surface area contributed by atoms with Crippen molar-refractivity contribution in [3.8, 4) is 0 Å². The molecule has 0 aliphatic heterocycles. The number of rotatable bonds is 2. The molecule has 0 N–H and O–H groups in total. The molecule has 2 rings (SSSR count). The van der Waals surface area contributed by atoms with E-state index in [9.17, 15) is 10.1 Å². The van der Waals surface area contributed by atoms with E-state index in [4.69, 9.17) is 0 Å². The SMILES string of the molecule is C/C=C/c1cnc2ccc([N+](=O)[O-])cc2c1. The zero-order chi connectivity index (χ0) is 11.5. The summed E-state index contributed by atoms with van der Waals surface area (Å²) < 4.78 is 0. The topological polar surface area (TPSA) is 56.0 Å². The largest absolute Gasteiger partial charge is 0.270 e. The molecule has 0 atom stereocenters. The molecule has 2 aromatic rings. The van der Waals surface area contributed by atoms with Crippen LogP contribution in [0.5, 0.6) is 0 Å². The van der Waals surface area contributed by atoms with Gasteiger partial charge in [0.05, 0.1) is 10.4 Å². The Morgan fingerprint density at radius 2 is 2.19 bits per heavy atom.